The second kappa shape index (κ2) is 9.14. The third-order valence-corrected chi connectivity index (χ3v) is 5.29. The van der Waals surface area contributed by atoms with Crippen LogP contribution in [0.5, 0.6) is 0 Å². The zero-order valence-electron chi connectivity index (χ0n) is 18.6. The maximum Gasteiger partial charge on any atom is 0.323 e. The Morgan fingerprint density at radius 2 is 1.63 bits per heavy atom. The van der Waals surface area contributed by atoms with Gasteiger partial charge in [0.25, 0.3) is 0 Å². The standard InChI is InChI=1S/C26H19FN6O2/c1-33-15-18(13-29-33)24-14-28-22-10-7-17(11-23(22)32-24)25(34)16-5-8-20(9-6-16)30-26(35)31-21-4-2-3-19(27)12-21/h2-15H,1H3,(H2,30,31,35). The lowest BCUT2D eigenvalue weighted by Crippen LogP contribution is -2.19. The van der Waals surface area contributed by atoms with E-state index in [0.29, 0.717) is 39.2 Å². The summed E-state index contributed by atoms with van der Waals surface area (Å²) in [6.45, 7) is 0. The summed E-state index contributed by atoms with van der Waals surface area (Å²) >= 11 is 0. The first-order valence-electron chi connectivity index (χ1n) is 10.7. The van der Waals surface area contributed by atoms with Crippen molar-refractivity contribution < 1.29 is 14.0 Å². The van der Waals surface area contributed by atoms with Crippen molar-refractivity contribution >= 4 is 34.2 Å². The number of ketones is 1. The van der Waals surface area contributed by atoms with Gasteiger partial charge in [0.2, 0.25) is 0 Å². The molecule has 2 amide bonds. The predicted molar refractivity (Wildman–Crippen MR) is 131 cm³/mol. The number of aromatic nitrogens is 4. The number of halogens is 1. The minimum Gasteiger partial charge on any atom is -0.308 e. The smallest absolute Gasteiger partial charge is 0.308 e. The number of nitrogens with one attached hydrogen (secondary N) is 2. The number of amides is 2. The summed E-state index contributed by atoms with van der Waals surface area (Å²) < 4.78 is 15.0. The molecule has 0 unspecified atom stereocenters. The van der Waals surface area contributed by atoms with Crippen LogP contribution in [0.2, 0.25) is 0 Å². The number of hydrogen-bond donors (Lipinski definition) is 2. The highest BCUT2D eigenvalue weighted by atomic mass is 19.1. The molecule has 0 aliphatic heterocycles. The number of carbonyl (C=O) groups excluding carboxylic acids is 2. The van der Waals surface area contributed by atoms with Crippen LogP contribution in [0.25, 0.3) is 22.3 Å². The zero-order valence-corrected chi connectivity index (χ0v) is 18.6. The van der Waals surface area contributed by atoms with E-state index in [9.17, 15) is 14.0 Å². The van der Waals surface area contributed by atoms with Crippen LogP contribution in [0.4, 0.5) is 20.6 Å². The lowest BCUT2D eigenvalue weighted by molar-refractivity contribution is 0.103. The molecule has 0 saturated heterocycles. The molecule has 2 aromatic heterocycles. The van der Waals surface area contributed by atoms with Crippen molar-refractivity contribution in [3.63, 3.8) is 0 Å². The number of anilines is 2. The van der Waals surface area contributed by atoms with E-state index in [0.717, 1.165) is 5.56 Å². The monoisotopic (exact) mass is 466 g/mol. The van der Waals surface area contributed by atoms with Crippen molar-refractivity contribution in [3.05, 3.63) is 102 Å². The van der Waals surface area contributed by atoms with E-state index in [-0.39, 0.29) is 5.78 Å². The van der Waals surface area contributed by atoms with Crippen LogP contribution in [-0.4, -0.2) is 31.6 Å². The minimum atomic E-state index is -0.521. The SMILES string of the molecule is Cn1cc(-c2cnc3ccc(C(=O)c4ccc(NC(=O)Nc5cccc(F)c5)cc4)cc3n2)cn1. The van der Waals surface area contributed by atoms with Crippen molar-refractivity contribution in [2.75, 3.05) is 10.6 Å². The van der Waals surface area contributed by atoms with Crippen molar-refractivity contribution in [1.82, 2.24) is 19.7 Å². The number of benzene rings is 3. The van der Waals surface area contributed by atoms with E-state index in [1.54, 1.807) is 65.6 Å². The van der Waals surface area contributed by atoms with E-state index in [2.05, 4.69) is 25.7 Å². The molecule has 2 heterocycles. The van der Waals surface area contributed by atoms with Gasteiger partial charge in [-0.15, -0.1) is 0 Å². The molecule has 0 bridgehead atoms. The second-order valence-corrected chi connectivity index (χ2v) is 7.86. The van der Waals surface area contributed by atoms with Crippen molar-refractivity contribution in [2.45, 2.75) is 0 Å². The lowest BCUT2D eigenvalue weighted by atomic mass is 10.0. The molecule has 8 nitrogen and oxygen atoms in total. The fourth-order valence-corrected chi connectivity index (χ4v) is 3.58. The lowest BCUT2D eigenvalue weighted by Gasteiger charge is -2.09. The van der Waals surface area contributed by atoms with Gasteiger partial charge < -0.3 is 10.6 Å². The topological polar surface area (TPSA) is 102 Å². The van der Waals surface area contributed by atoms with E-state index in [1.807, 2.05) is 13.2 Å². The molecule has 2 N–H and O–H groups in total. The Labute approximate surface area is 199 Å². The van der Waals surface area contributed by atoms with Gasteiger partial charge >= 0.3 is 6.03 Å². The molecule has 35 heavy (non-hydrogen) atoms. The molecule has 0 aliphatic carbocycles. The molecule has 0 aliphatic rings. The van der Waals surface area contributed by atoms with Gasteiger partial charge in [-0.05, 0) is 60.7 Å². The van der Waals surface area contributed by atoms with Crippen LogP contribution in [-0.2, 0) is 7.05 Å². The third-order valence-electron chi connectivity index (χ3n) is 5.29. The molecule has 9 heteroatoms. The summed E-state index contributed by atoms with van der Waals surface area (Å²) in [4.78, 5) is 34.3. The number of aryl methyl sites for hydroxylation is 1. The van der Waals surface area contributed by atoms with Gasteiger partial charge in [0.05, 0.1) is 29.1 Å². The number of carbonyl (C=O) groups is 2. The molecule has 0 saturated carbocycles. The second-order valence-electron chi connectivity index (χ2n) is 7.86. The van der Waals surface area contributed by atoms with Crippen LogP contribution < -0.4 is 10.6 Å². The van der Waals surface area contributed by atoms with Gasteiger partial charge in [-0.3, -0.25) is 14.5 Å². The summed E-state index contributed by atoms with van der Waals surface area (Å²) in [5.74, 6) is -0.630. The van der Waals surface area contributed by atoms with E-state index >= 15 is 0 Å². The van der Waals surface area contributed by atoms with Gasteiger partial charge in [-0.1, -0.05) is 6.07 Å². The van der Waals surface area contributed by atoms with Crippen LogP contribution in [0.1, 0.15) is 15.9 Å². The number of hydrogen-bond acceptors (Lipinski definition) is 5. The first kappa shape index (κ1) is 21.9. The Hall–Kier alpha value is -4.92. The number of fused-ring (bicyclic) bond motifs is 1. The van der Waals surface area contributed by atoms with Gasteiger partial charge in [0, 0.05) is 41.3 Å². The Balaban J connectivity index is 1.31. The zero-order chi connectivity index (χ0) is 24.4. The van der Waals surface area contributed by atoms with E-state index in [4.69, 9.17) is 0 Å². The molecule has 0 radical (unpaired) electrons. The summed E-state index contributed by atoms with van der Waals surface area (Å²) in [6.07, 6.45) is 5.23. The Morgan fingerprint density at radius 3 is 2.37 bits per heavy atom. The molecule has 5 aromatic rings. The Kier molecular flexibility index (Phi) is 5.72. The maximum absolute atomic E-state index is 13.3. The summed E-state index contributed by atoms with van der Waals surface area (Å²) in [5, 5.41) is 9.37. The van der Waals surface area contributed by atoms with Crippen LogP contribution in [0.15, 0.2) is 85.3 Å². The quantitative estimate of drug-likeness (QED) is 0.353. The normalized spacial score (nSPS) is 10.8. The molecule has 0 spiro atoms. The number of urea groups is 1. The molecule has 172 valence electrons. The summed E-state index contributed by atoms with van der Waals surface area (Å²) in [5.41, 5.74) is 4.53. The average Bonchev–Trinajstić information content (AvgIpc) is 3.29. The van der Waals surface area contributed by atoms with Crippen LogP contribution in [0, 0.1) is 5.82 Å². The molecular formula is C26H19FN6O2. The van der Waals surface area contributed by atoms with Crippen molar-refractivity contribution in [3.8, 4) is 11.3 Å². The summed E-state index contributed by atoms with van der Waals surface area (Å²) in [6, 6.07) is 16.8. The predicted octanol–water partition coefficient (Wildman–Crippen LogP) is 5.04. The summed E-state index contributed by atoms with van der Waals surface area (Å²) in [7, 11) is 1.83. The highest BCUT2D eigenvalue weighted by Crippen LogP contribution is 2.21. The van der Waals surface area contributed by atoms with Gasteiger partial charge in [-0.2, -0.15) is 5.10 Å². The van der Waals surface area contributed by atoms with Gasteiger partial charge in [0.1, 0.15) is 5.82 Å². The van der Waals surface area contributed by atoms with Crippen LogP contribution >= 0.6 is 0 Å². The largest absolute Gasteiger partial charge is 0.323 e. The molecule has 0 atom stereocenters. The first-order valence-corrected chi connectivity index (χ1v) is 10.7. The van der Waals surface area contributed by atoms with Crippen molar-refractivity contribution in [2.24, 2.45) is 7.05 Å². The fraction of sp³-hybridized carbons (Fsp3) is 0.0385. The van der Waals surface area contributed by atoms with E-state index < -0.39 is 11.8 Å². The number of nitrogens with zero attached hydrogens (tertiary/aromatic N) is 4. The van der Waals surface area contributed by atoms with Gasteiger partial charge in [0.15, 0.2) is 5.78 Å². The average molecular weight is 466 g/mol. The maximum atomic E-state index is 13.3. The fourth-order valence-electron chi connectivity index (χ4n) is 3.58. The van der Waals surface area contributed by atoms with Crippen molar-refractivity contribution in [1.29, 1.82) is 0 Å². The highest BCUT2D eigenvalue weighted by molar-refractivity contribution is 6.10. The third kappa shape index (κ3) is 4.88. The molecule has 5 rings (SSSR count). The number of rotatable bonds is 5. The molecule has 0 fully saturated rings. The Bertz CT molecular complexity index is 1560. The minimum absolute atomic E-state index is 0.184. The first-order chi connectivity index (χ1) is 16.9. The molecular weight excluding hydrogens is 447 g/mol. The van der Waals surface area contributed by atoms with Gasteiger partial charge in [-0.25, -0.2) is 14.2 Å². The van der Waals surface area contributed by atoms with Crippen LogP contribution in [0.3, 0.4) is 0 Å². The highest BCUT2D eigenvalue weighted by Gasteiger charge is 2.12. The Morgan fingerprint density at radius 1 is 0.857 bits per heavy atom. The molecule has 3 aromatic carbocycles. The van der Waals surface area contributed by atoms with E-state index in [1.165, 1.54) is 18.2 Å².